The molecule has 1 aliphatic rings. The molecular weight excluding hydrogens is 220 g/mol. The molecule has 0 bridgehead atoms. The Balaban J connectivity index is 2.05. The van der Waals surface area contributed by atoms with Crippen molar-refractivity contribution in [2.45, 2.75) is 38.3 Å². The number of likely N-dealkylation sites (N-methyl/N-ethyl adjacent to an activating group) is 1. The first-order valence-electron chi connectivity index (χ1n) is 7.12. The van der Waals surface area contributed by atoms with Gasteiger partial charge in [0.05, 0.1) is 0 Å². The van der Waals surface area contributed by atoms with Crippen molar-refractivity contribution >= 4 is 0 Å². The predicted octanol–water partition coefficient (Wildman–Crippen LogP) is 3.07. The summed E-state index contributed by atoms with van der Waals surface area (Å²) in [7, 11) is 4.30. The van der Waals surface area contributed by atoms with E-state index < -0.39 is 0 Å². The molecule has 1 aliphatic carbocycles. The zero-order chi connectivity index (χ0) is 13.0. The summed E-state index contributed by atoms with van der Waals surface area (Å²) >= 11 is 0. The zero-order valence-corrected chi connectivity index (χ0v) is 11.9. The molecule has 100 valence electrons. The average molecular weight is 246 g/mol. The minimum atomic E-state index is 0.451. The van der Waals surface area contributed by atoms with Gasteiger partial charge in [0.1, 0.15) is 0 Å². The van der Waals surface area contributed by atoms with Crippen molar-refractivity contribution in [2.75, 3.05) is 20.6 Å². The van der Waals surface area contributed by atoms with Crippen molar-refractivity contribution in [1.82, 2.24) is 10.2 Å². The molecule has 0 aliphatic heterocycles. The first kappa shape index (κ1) is 13.6. The van der Waals surface area contributed by atoms with Crippen LogP contribution in [0.15, 0.2) is 30.3 Å². The van der Waals surface area contributed by atoms with Gasteiger partial charge in [-0.1, -0.05) is 43.7 Å². The number of nitrogens with one attached hydrogen (secondary N) is 1. The summed E-state index contributed by atoms with van der Waals surface area (Å²) in [6.45, 7) is 3.44. The van der Waals surface area contributed by atoms with Gasteiger partial charge in [-0.15, -0.1) is 0 Å². The molecule has 3 atom stereocenters. The van der Waals surface area contributed by atoms with Crippen molar-refractivity contribution in [3.05, 3.63) is 35.9 Å². The first-order chi connectivity index (χ1) is 8.66. The summed E-state index contributed by atoms with van der Waals surface area (Å²) in [6.07, 6.45) is 4.08. The molecule has 0 aromatic heterocycles. The lowest BCUT2D eigenvalue weighted by molar-refractivity contribution is 0.300. The van der Waals surface area contributed by atoms with Crippen LogP contribution in [0.2, 0.25) is 0 Å². The summed E-state index contributed by atoms with van der Waals surface area (Å²) < 4.78 is 0. The Kier molecular flexibility index (Phi) is 4.79. The monoisotopic (exact) mass is 246 g/mol. The molecule has 0 radical (unpaired) electrons. The van der Waals surface area contributed by atoms with E-state index in [4.69, 9.17) is 0 Å². The summed E-state index contributed by atoms with van der Waals surface area (Å²) in [5.74, 6) is 0.818. The van der Waals surface area contributed by atoms with Crippen molar-refractivity contribution in [3.8, 4) is 0 Å². The molecule has 2 nitrogen and oxygen atoms in total. The summed E-state index contributed by atoms with van der Waals surface area (Å²) in [5, 5.41) is 3.87. The van der Waals surface area contributed by atoms with Crippen LogP contribution in [0.4, 0.5) is 0 Å². The molecular formula is C16H26N2. The molecule has 1 saturated carbocycles. The second-order valence-electron chi connectivity index (χ2n) is 5.91. The maximum atomic E-state index is 3.87. The van der Waals surface area contributed by atoms with Crippen LogP contribution in [-0.4, -0.2) is 31.6 Å². The molecule has 3 unspecified atom stereocenters. The van der Waals surface area contributed by atoms with Crippen LogP contribution < -0.4 is 5.32 Å². The third kappa shape index (κ3) is 3.56. The van der Waals surface area contributed by atoms with Gasteiger partial charge in [-0.3, -0.25) is 0 Å². The van der Waals surface area contributed by atoms with Crippen LogP contribution in [-0.2, 0) is 0 Å². The van der Waals surface area contributed by atoms with Gasteiger partial charge in [0.2, 0.25) is 0 Å². The number of nitrogens with zero attached hydrogens (tertiary/aromatic N) is 1. The lowest BCUT2D eigenvalue weighted by atomic mass is 10.0. The minimum absolute atomic E-state index is 0.451. The van der Waals surface area contributed by atoms with Gasteiger partial charge in [-0.05, 0) is 38.4 Å². The van der Waals surface area contributed by atoms with Crippen molar-refractivity contribution in [1.29, 1.82) is 0 Å². The van der Waals surface area contributed by atoms with E-state index in [0.29, 0.717) is 12.1 Å². The second kappa shape index (κ2) is 6.35. The summed E-state index contributed by atoms with van der Waals surface area (Å²) in [5.41, 5.74) is 1.41. The number of hydrogen-bond acceptors (Lipinski definition) is 2. The Morgan fingerprint density at radius 1 is 1.22 bits per heavy atom. The summed E-state index contributed by atoms with van der Waals surface area (Å²) in [6, 6.07) is 12.0. The van der Waals surface area contributed by atoms with Crippen LogP contribution in [0.3, 0.4) is 0 Å². The first-order valence-corrected chi connectivity index (χ1v) is 7.12. The number of hydrogen-bond donors (Lipinski definition) is 1. The lowest BCUT2D eigenvalue weighted by Gasteiger charge is -2.28. The molecule has 0 amide bonds. The van der Waals surface area contributed by atoms with E-state index in [1.54, 1.807) is 0 Å². The minimum Gasteiger partial charge on any atom is -0.308 e. The lowest BCUT2D eigenvalue weighted by Crippen LogP contribution is -2.39. The van der Waals surface area contributed by atoms with Crippen LogP contribution in [0.5, 0.6) is 0 Å². The van der Waals surface area contributed by atoms with Crippen LogP contribution in [0.25, 0.3) is 0 Å². The highest BCUT2D eigenvalue weighted by atomic mass is 15.1. The smallest absolute Gasteiger partial charge is 0.0451 e. The van der Waals surface area contributed by atoms with E-state index in [9.17, 15) is 0 Å². The highest BCUT2D eigenvalue weighted by Gasteiger charge is 2.26. The third-order valence-corrected chi connectivity index (χ3v) is 4.03. The van der Waals surface area contributed by atoms with E-state index in [1.807, 2.05) is 0 Å². The highest BCUT2D eigenvalue weighted by Crippen LogP contribution is 2.27. The molecule has 1 fully saturated rings. The van der Waals surface area contributed by atoms with Gasteiger partial charge in [0.15, 0.2) is 0 Å². The Bertz CT molecular complexity index is 347. The van der Waals surface area contributed by atoms with E-state index in [0.717, 1.165) is 12.5 Å². The Labute approximate surface area is 111 Å². The molecule has 1 N–H and O–H groups in total. The fourth-order valence-corrected chi connectivity index (χ4v) is 2.96. The van der Waals surface area contributed by atoms with Crippen LogP contribution in [0.1, 0.15) is 37.8 Å². The van der Waals surface area contributed by atoms with Crippen LogP contribution in [0, 0.1) is 5.92 Å². The number of benzene rings is 1. The Hall–Kier alpha value is -0.860. The van der Waals surface area contributed by atoms with E-state index in [-0.39, 0.29) is 0 Å². The second-order valence-corrected chi connectivity index (χ2v) is 5.91. The van der Waals surface area contributed by atoms with Gasteiger partial charge in [0.25, 0.3) is 0 Å². The van der Waals surface area contributed by atoms with Crippen molar-refractivity contribution in [2.24, 2.45) is 5.92 Å². The van der Waals surface area contributed by atoms with Gasteiger partial charge in [0, 0.05) is 18.6 Å². The molecule has 2 heteroatoms. The fraction of sp³-hybridized carbons (Fsp3) is 0.625. The normalized spacial score (nSPS) is 25.6. The van der Waals surface area contributed by atoms with Gasteiger partial charge in [-0.25, -0.2) is 0 Å². The maximum Gasteiger partial charge on any atom is 0.0451 e. The van der Waals surface area contributed by atoms with Crippen LogP contribution >= 0.6 is 0 Å². The van der Waals surface area contributed by atoms with E-state index in [1.165, 1.54) is 24.8 Å². The molecule has 1 aromatic carbocycles. The standard InChI is InChI=1S/C16H26N2/c1-13-8-7-11-15(13)17-16(12-18(2)3)14-9-5-4-6-10-14/h4-6,9-10,13,15-17H,7-8,11-12H2,1-3H3. The average Bonchev–Trinajstić information content (AvgIpc) is 2.75. The zero-order valence-electron chi connectivity index (χ0n) is 11.9. The molecule has 0 saturated heterocycles. The molecule has 18 heavy (non-hydrogen) atoms. The van der Waals surface area contributed by atoms with Gasteiger partial charge in [-0.2, -0.15) is 0 Å². The largest absolute Gasteiger partial charge is 0.308 e. The maximum absolute atomic E-state index is 3.87. The van der Waals surface area contributed by atoms with Gasteiger partial charge < -0.3 is 10.2 Å². The molecule has 0 heterocycles. The Morgan fingerprint density at radius 2 is 1.94 bits per heavy atom. The highest BCUT2D eigenvalue weighted by molar-refractivity contribution is 5.19. The quantitative estimate of drug-likeness (QED) is 0.859. The molecule has 2 rings (SSSR count). The van der Waals surface area contributed by atoms with Crippen molar-refractivity contribution < 1.29 is 0 Å². The van der Waals surface area contributed by atoms with Crippen molar-refractivity contribution in [3.63, 3.8) is 0 Å². The van der Waals surface area contributed by atoms with E-state index in [2.05, 4.69) is 61.6 Å². The SMILES string of the molecule is CC1CCCC1NC(CN(C)C)c1ccccc1. The number of rotatable bonds is 5. The van der Waals surface area contributed by atoms with E-state index >= 15 is 0 Å². The molecule has 0 spiro atoms. The topological polar surface area (TPSA) is 15.3 Å². The fourth-order valence-electron chi connectivity index (χ4n) is 2.96. The Morgan fingerprint density at radius 3 is 2.50 bits per heavy atom. The summed E-state index contributed by atoms with van der Waals surface area (Å²) in [4.78, 5) is 2.27. The third-order valence-electron chi connectivity index (χ3n) is 4.03. The van der Waals surface area contributed by atoms with Gasteiger partial charge >= 0.3 is 0 Å². The molecule has 1 aromatic rings. The predicted molar refractivity (Wildman–Crippen MR) is 77.7 cm³/mol.